The van der Waals surface area contributed by atoms with E-state index < -0.39 is 0 Å². The predicted molar refractivity (Wildman–Crippen MR) is 92.6 cm³/mol. The molecule has 6 nitrogen and oxygen atoms in total. The molecule has 7 heteroatoms. The first-order chi connectivity index (χ1) is 12.2. The van der Waals surface area contributed by atoms with Crippen molar-refractivity contribution in [2.75, 3.05) is 6.79 Å². The number of benzene rings is 2. The average molecular weight is 357 g/mol. The van der Waals surface area contributed by atoms with Crippen LogP contribution in [0.25, 0.3) is 0 Å². The maximum absolute atomic E-state index is 6.20. The molecule has 1 aliphatic rings. The van der Waals surface area contributed by atoms with Crippen LogP contribution in [0.2, 0.25) is 5.02 Å². The Morgan fingerprint density at radius 2 is 2.08 bits per heavy atom. The summed E-state index contributed by atoms with van der Waals surface area (Å²) in [6.45, 7) is 3.26. The summed E-state index contributed by atoms with van der Waals surface area (Å²) in [5.41, 5.74) is 4.28. The Balaban J connectivity index is 1.56. The highest BCUT2D eigenvalue weighted by Gasteiger charge is 2.17. The fourth-order valence-electron chi connectivity index (χ4n) is 2.92. The molecule has 1 aromatic heterocycles. The minimum absolute atomic E-state index is 0.241. The summed E-state index contributed by atoms with van der Waals surface area (Å²) in [7, 11) is 0. The van der Waals surface area contributed by atoms with Crippen LogP contribution in [0.1, 0.15) is 28.1 Å². The van der Waals surface area contributed by atoms with Crippen LogP contribution >= 0.6 is 11.6 Å². The Kier molecular flexibility index (Phi) is 4.38. The number of hydrogen-bond donors (Lipinski definition) is 0. The van der Waals surface area contributed by atoms with Gasteiger partial charge in [0.25, 0.3) is 0 Å². The van der Waals surface area contributed by atoms with Crippen LogP contribution in [-0.2, 0) is 24.3 Å². The lowest BCUT2D eigenvalue weighted by Crippen LogP contribution is -2.15. The molecule has 0 unspecified atom stereocenters. The van der Waals surface area contributed by atoms with Gasteiger partial charge >= 0.3 is 0 Å². The molecular formula is C18H17ClN4O2. The van der Waals surface area contributed by atoms with Gasteiger partial charge in [-0.1, -0.05) is 35.9 Å². The zero-order valence-corrected chi connectivity index (χ0v) is 14.5. The van der Waals surface area contributed by atoms with Gasteiger partial charge in [-0.25, -0.2) is 0 Å². The molecule has 3 aromatic rings. The molecule has 0 saturated heterocycles. The van der Waals surface area contributed by atoms with Crippen LogP contribution in [0, 0.1) is 6.92 Å². The summed E-state index contributed by atoms with van der Waals surface area (Å²) in [6, 6.07) is 11.9. The van der Waals surface area contributed by atoms with Gasteiger partial charge in [0.15, 0.2) is 12.6 Å². The first-order valence-electron chi connectivity index (χ1n) is 8.02. The standard InChI is InChI=1S/C18H17ClN4O2/c1-12-4-2-3-5-13(12)8-17-20-22-23(21-17)9-14-6-16(19)7-15-10-24-11-25-18(14)15/h2-7H,8-11H2,1H3. The van der Waals surface area contributed by atoms with E-state index in [1.165, 1.54) is 11.1 Å². The maximum atomic E-state index is 6.20. The van der Waals surface area contributed by atoms with E-state index in [2.05, 4.69) is 34.5 Å². The summed E-state index contributed by atoms with van der Waals surface area (Å²) in [5.74, 6) is 1.49. The van der Waals surface area contributed by atoms with Crippen LogP contribution in [0.4, 0.5) is 0 Å². The molecule has 0 amide bonds. The summed E-state index contributed by atoms with van der Waals surface area (Å²) in [6.07, 6.45) is 0.657. The smallest absolute Gasteiger partial charge is 0.189 e. The molecule has 0 N–H and O–H groups in total. The summed E-state index contributed by atoms with van der Waals surface area (Å²) < 4.78 is 10.9. The van der Waals surface area contributed by atoms with Crippen molar-refractivity contribution in [3.63, 3.8) is 0 Å². The predicted octanol–water partition coefficient (Wildman–Crippen LogP) is 3.14. The monoisotopic (exact) mass is 356 g/mol. The Labute approximate surface area is 150 Å². The van der Waals surface area contributed by atoms with Crippen molar-refractivity contribution in [3.05, 3.63) is 69.5 Å². The van der Waals surface area contributed by atoms with E-state index in [0.29, 0.717) is 30.4 Å². The van der Waals surface area contributed by atoms with Gasteiger partial charge in [0, 0.05) is 22.6 Å². The summed E-state index contributed by atoms with van der Waals surface area (Å²) >= 11 is 6.20. The Morgan fingerprint density at radius 1 is 1.20 bits per heavy atom. The fourth-order valence-corrected chi connectivity index (χ4v) is 3.18. The van der Waals surface area contributed by atoms with Crippen molar-refractivity contribution in [2.24, 2.45) is 0 Å². The molecule has 0 radical (unpaired) electrons. The number of ether oxygens (including phenoxy) is 2. The minimum Gasteiger partial charge on any atom is -0.467 e. The second-order valence-corrected chi connectivity index (χ2v) is 6.44. The molecule has 0 spiro atoms. The van der Waals surface area contributed by atoms with Crippen LogP contribution < -0.4 is 4.74 Å². The SMILES string of the molecule is Cc1ccccc1Cc1nnn(Cc2cc(Cl)cc3c2OCOC3)n1. The molecule has 0 atom stereocenters. The molecule has 0 saturated carbocycles. The second kappa shape index (κ2) is 6.82. The number of rotatable bonds is 4. The number of fused-ring (bicyclic) bond motifs is 1. The van der Waals surface area contributed by atoms with E-state index in [9.17, 15) is 0 Å². The van der Waals surface area contributed by atoms with E-state index >= 15 is 0 Å². The molecule has 1 aliphatic heterocycles. The average Bonchev–Trinajstić information content (AvgIpc) is 3.04. The highest BCUT2D eigenvalue weighted by atomic mass is 35.5. The number of hydrogen-bond acceptors (Lipinski definition) is 5. The molecular weight excluding hydrogens is 340 g/mol. The minimum atomic E-state index is 0.241. The lowest BCUT2D eigenvalue weighted by Gasteiger charge is -2.20. The zero-order valence-electron chi connectivity index (χ0n) is 13.8. The van der Waals surface area contributed by atoms with Crippen molar-refractivity contribution in [1.82, 2.24) is 20.2 Å². The van der Waals surface area contributed by atoms with Crippen LogP contribution in [-0.4, -0.2) is 27.0 Å². The van der Waals surface area contributed by atoms with Gasteiger partial charge in [-0.3, -0.25) is 0 Å². The van der Waals surface area contributed by atoms with Crippen molar-refractivity contribution >= 4 is 11.6 Å². The van der Waals surface area contributed by atoms with Crippen LogP contribution in [0.3, 0.4) is 0 Å². The van der Waals surface area contributed by atoms with E-state index in [-0.39, 0.29) is 6.79 Å². The quantitative estimate of drug-likeness (QED) is 0.718. The largest absolute Gasteiger partial charge is 0.467 e. The van der Waals surface area contributed by atoms with Gasteiger partial charge in [0.1, 0.15) is 5.75 Å². The van der Waals surface area contributed by atoms with Gasteiger partial charge in [-0.05, 0) is 35.4 Å². The van der Waals surface area contributed by atoms with Gasteiger partial charge in [-0.15, -0.1) is 10.2 Å². The Hall–Kier alpha value is -2.44. The number of aromatic nitrogens is 4. The Bertz CT molecular complexity index is 910. The van der Waals surface area contributed by atoms with E-state index in [1.54, 1.807) is 4.80 Å². The summed E-state index contributed by atoms with van der Waals surface area (Å²) in [5, 5.41) is 13.5. The fraction of sp³-hybridized carbons (Fsp3) is 0.278. The topological polar surface area (TPSA) is 62.1 Å². The third-order valence-corrected chi connectivity index (χ3v) is 4.39. The number of nitrogens with zero attached hydrogens (tertiary/aromatic N) is 4. The van der Waals surface area contributed by atoms with Crippen molar-refractivity contribution < 1.29 is 9.47 Å². The molecule has 25 heavy (non-hydrogen) atoms. The van der Waals surface area contributed by atoms with Gasteiger partial charge in [0.05, 0.1) is 13.2 Å². The molecule has 128 valence electrons. The molecule has 0 aliphatic carbocycles. The number of halogens is 1. The molecule has 0 fully saturated rings. The van der Waals surface area contributed by atoms with E-state index in [0.717, 1.165) is 16.9 Å². The second-order valence-electron chi connectivity index (χ2n) is 6.00. The molecule has 0 bridgehead atoms. The van der Waals surface area contributed by atoms with Gasteiger partial charge < -0.3 is 9.47 Å². The molecule has 2 heterocycles. The van der Waals surface area contributed by atoms with Crippen molar-refractivity contribution in [3.8, 4) is 5.75 Å². The van der Waals surface area contributed by atoms with E-state index in [1.807, 2.05) is 24.3 Å². The highest BCUT2D eigenvalue weighted by molar-refractivity contribution is 6.30. The zero-order chi connectivity index (χ0) is 17.2. The molecule has 4 rings (SSSR count). The third-order valence-electron chi connectivity index (χ3n) is 4.17. The van der Waals surface area contributed by atoms with Gasteiger partial charge in [-0.2, -0.15) is 4.80 Å². The normalized spacial score (nSPS) is 13.4. The van der Waals surface area contributed by atoms with Gasteiger partial charge in [0.2, 0.25) is 0 Å². The molecule has 2 aromatic carbocycles. The van der Waals surface area contributed by atoms with Crippen molar-refractivity contribution in [2.45, 2.75) is 26.5 Å². The Morgan fingerprint density at radius 3 is 2.96 bits per heavy atom. The number of aryl methyl sites for hydroxylation is 1. The van der Waals surface area contributed by atoms with Crippen LogP contribution in [0.5, 0.6) is 5.75 Å². The first-order valence-corrected chi connectivity index (χ1v) is 8.40. The third kappa shape index (κ3) is 3.50. The lowest BCUT2D eigenvalue weighted by atomic mass is 10.1. The lowest BCUT2D eigenvalue weighted by molar-refractivity contribution is -0.0171. The highest BCUT2D eigenvalue weighted by Crippen LogP contribution is 2.31. The summed E-state index contributed by atoms with van der Waals surface area (Å²) in [4.78, 5) is 1.57. The van der Waals surface area contributed by atoms with Crippen LogP contribution in [0.15, 0.2) is 36.4 Å². The maximum Gasteiger partial charge on any atom is 0.189 e. The van der Waals surface area contributed by atoms with E-state index in [4.69, 9.17) is 21.1 Å². The number of tetrazole rings is 1. The first kappa shape index (κ1) is 16.1. The van der Waals surface area contributed by atoms with Crippen molar-refractivity contribution in [1.29, 1.82) is 0 Å².